The van der Waals surface area contributed by atoms with Crippen molar-refractivity contribution in [2.45, 2.75) is 38.6 Å². The van der Waals surface area contributed by atoms with Gasteiger partial charge in [0.1, 0.15) is 0 Å². The van der Waals surface area contributed by atoms with Crippen LogP contribution in [0.15, 0.2) is 24.3 Å². The van der Waals surface area contributed by atoms with Crippen molar-refractivity contribution in [3.05, 3.63) is 34.9 Å². The number of piperidine rings is 1. The van der Waals surface area contributed by atoms with Crippen LogP contribution in [0.1, 0.15) is 32.8 Å². The molecule has 2 rings (SSSR count). The second-order valence-electron chi connectivity index (χ2n) is 6.15. The number of carbonyl (C=O) groups is 1. The van der Waals surface area contributed by atoms with Crippen molar-refractivity contribution in [1.29, 1.82) is 0 Å². The predicted octanol–water partition coefficient (Wildman–Crippen LogP) is 2.73. The van der Waals surface area contributed by atoms with Gasteiger partial charge in [-0.25, -0.2) is 0 Å². The minimum Gasteiger partial charge on any atom is -0.352 e. The summed E-state index contributed by atoms with van der Waals surface area (Å²) in [5.41, 5.74) is 0.254. The molecule has 2 unspecified atom stereocenters. The lowest BCUT2D eigenvalue weighted by Crippen LogP contribution is -2.52. The van der Waals surface area contributed by atoms with Gasteiger partial charge in [-0.1, -0.05) is 36.7 Å². The van der Waals surface area contributed by atoms with E-state index in [1.807, 2.05) is 38.1 Å². The number of amides is 1. The monoisotopic (exact) mass is 294 g/mol. The molecule has 0 spiro atoms. The largest absolute Gasteiger partial charge is 0.352 e. The van der Waals surface area contributed by atoms with Crippen molar-refractivity contribution in [1.82, 2.24) is 10.6 Å². The van der Waals surface area contributed by atoms with Gasteiger partial charge in [0, 0.05) is 11.1 Å². The van der Waals surface area contributed by atoms with Crippen molar-refractivity contribution in [2.24, 2.45) is 5.92 Å². The summed E-state index contributed by atoms with van der Waals surface area (Å²) in [6, 6.07) is 7.80. The van der Waals surface area contributed by atoms with Crippen LogP contribution in [0.3, 0.4) is 0 Å². The number of nitrogens with one attached hydrogen (secondary N) is 2. The average molecular weight is 295 g/mol. The van der Waals surface area contributed by atoms with Crippen molar-refractivity contribution >= 4 is 17.5 Å². The van der Waals surface area contributed by atoms with Crippen LogP contribution in [0, 0.1) is 5.92 Å². The lowest BCUT2D eigenvalue weighted by atomic mass is 9.82. The topological polar surface area (TPSA) is 41.1 Å². The first-order valence-corrected chi connectivity index (χ1v) is 7.57. The Labute approximate surface area is 126 Å². The lowest BCUT2D eigenvalue weighted by molar-refractivity contribution is -0.126. The second-order valence-corrected chi connectivity index (χ2v) is 6.56. The fourth-order valence-electron chi connectivity index (χ4n) is 2.67. The van der Waals surface area contributed by atoms with Crippen molar-refractivity contribution in [3.63, 3.8) is 0 Å². The van der Waals surface area contributed by atoms with Crippen molar-refractivity contribution < 1.29 is 4.79 Å². The Bertz CT molecular complexity index is 487. The standard InChI is InChI=1S/C16H23ClN2O/c1-11-10-18-9-8-14(11)19-15(20)16(2,3)12-6-4-5-7-13(12)17/h4-7,11,14,18H,8-10H2,1-3H3,(H,19,20). The fraction of sp³-hybridized carbons (Fsp3) is 0.562. The van der Waals surface area contributed by atoms with Crippen LogP contribution in [0.25, 0.3) is 0 Å². The molecule has 1 fully saturated rings. The van der Waals surface area contributed by atoms with Crippen LogP contribution in [-0.4, -0.2) is 25.0 Å². The van der Waals surface area contributed by atoms with E-state index in [1.54, 1.807) is 0 Å². The summed E-state index contributed by atoms with van der Waals surface area (Å²) in [6.07, 6.45) is 0.978. The zero-order chi connectivity index (χ0) is 14.8. The van der Waals surface area contributed by atoms with Gasteiger partial charge in [0.15, 0.2) is 0 Å². The summed E-state index contributed by atoms with van der Waals surface area (Å²) >= 11 is 6.23. The molecule has 20 heavy (non-hydrogen) atoms. The molecule has 110 valence electrons. The van der Waals surface area contributed by atoms with Gasteiger partial charge in [0.25, 0.3) is 0 Å². The lowest BCUT2D eigenvalue weighted by Gasteiger charge is -2.34. The number of hydrogen-bond donors (Lipinski definition) is 2. The van der Waals surface area contributed by atoms with E-state index in [0.29, 0.717) is 10.9 Å². The van der Waals surface area contributed by atoms with Gasteiger partial charge in [-0.2, -0.15) is 0 Å². The molecule has 1 aromatic carbocycles. The second kappa shape index (κ2) is 6.15. The van der Waals surface area contributed by atoms with Gasteiger partial charge in [-0.15, -0.1) is 0 Å². The van der Waals surface area contributed by atoms with Gasteiger partial charge < -0.3 is 10.6 Å². The van der Waals surface area contributed by atoms with Gasteiger partial charge in [-0.05, 0) is 50.9 Å². The van der Waals surface area contributed by atoms with Crippen LogP contribution < -0.4 is 10.6 Å². The summed E-state index contributed by atoms with van der Waals surface area (Å²) in [7, 11) is 0. The number of hydrogen-bond acceptors (Lipinski definition) is 2. The number of halogens is 1. The molecular formula is C16H23ClN2O. The van der Waals surface area contributed by atoms with E-state index < -0.39 is 5.41 Å². The average Bonchev–Trinajstić information content (AvgIpc) is 2.41. The maximum absolute atomic E-state index is 12.6. The molecule has 1 aliphatic rings. The number of rotatable bonds is 3. The first-order chi connectivity index (χ1) is 9.43. The Morgan fingerprint density at radius 3 is 2.75 bits per heavy atom. The van der Waals surface area contributed by atoms with Gasteiger partial charge in [0.05, 0.1) is 5.41 Å². The van der Waals surface area contributed by atoms with Gasteiger partial charge in [-0.3, -0.25) is 4.79 Å². The smallest absolute Gasteiger partial charge is 0.230 e. The molecule has 1 heterocycles. The molecule has 0 saturated carbocycles. The SMILES string of the molecule is CC1CNCCC1NC(=O)C(C)(C)c1ccccc1Cl. The van der Waals surface area contributed by atoms with E-state index >= 15 is 0 Å². The Morgan fingerprint density at radius 2 is 2.10 bits per heavy atom. The van der Waals surface area contributed by atoms with Crippen LogP contribution in [0.5, 0.6) is 0 Å². The Kier molecular flexibility index (Phi) is 4.71. The summed E-state index contributed by atoms with van der Waals surface area (Å²) in [5, 5.41) is 7.19. The molecular weight excluding hydrogens is 272 g/mol. The van der Waals surface area contributed by atoms with Gasteiger partial charge >= 0.3 is 0 Å². The fourth-order valence-corrected chi connectivity index (χ4v) is 3.04. The van der Waals surface area contributed by atoms with E-state index in [-0.39, 0.29) is 11.9 Å². The normalized spacial score (nSPS) is 23.4. The highest BCUT2D eigenvalue weighted by Crippen LogP contribution is 2.30. The maximum Gasteiger partial charge on any atom is 0.230 e. The third kappa shape index (κ3) is 3.15. The molecule has 1 amide bonds. The van der Waals surface area contributed by atoms with Crippen LogP contribution in [0.4, 0.5) is 0 Å². The minimum atomic E-state index is -0.622. The van der Waals surface area contributed by atoms with Crippen molar-refractivity contribution in [2.75, 3.05) is 13.1 Å². The van der Waals surface area contributed by atoms with E-state index in [9.17, 15) is 4.79 Å². The van der Waals surface area contributed by atoms with E-state index in [0.717, 1.165) is 25.1 Å². The van der Waals surface area contributed by atoms with E-state index in [4.69, 9.17) is 11.6 Å². The van der Waals surface area contributed by atoms with Crippen LogP contribution in [0.2, 0.25) is 5.02 Å². The van der Waals surface area contributed by atoms with Gasteiger partial charge in [0.2, 0.25) is 5.91 Å². The van der Waals surface area contributed by atoms with Crippen LogP contribution in [-0.2, 0) is 10.2 Å². The van der Waals surface area contributed by atoms with Crippen LogP contribution >= 0.6 is 11.6 Å². The Morgan fingerprint density at radius 1 is 1.40 bits per heavy atom. The summed E-state index contributed by atoms with van der Waals surface area (Å²) in [6.45, 7) is 7.93. The molecule has 1 aliphatic heterocycles. The maximum atomic E-state index is 12.6. The molecule has 0 radical (unpaired) electrons. The highest BCUT2D eigenvalue weighted by atomic mass is 35.5. The van der Waals surface area contributed by atoms with Crippen molar-refractivity contribution in [3.8, 4) is 0 Å². The zero-order valence-corrected chi connectivity index (χ0v) is 13.1. The highest BCUT2D eigenvalue weighted by Gasteiger charge is 2.34. The molecule has 0 aliphatic carbocycles. The number of carbonyl (C=O) groups excluding carboxylic acids is 1. The summed E-state index contributed by atoms with van der Waals surface area (Å²) in [5.74, 6) is 0.499. The first-order valence-electron chi connectivity index (χ1n) is 7.19. The third-order valence-electron chi connectivity index (χ3n) is 4.22. The summed E-state index contributed by atoms with van der Waals surface area (Å²) in [4.78, 5) is 12.6. The third-order valence-corrected chi connectivity index (χ3v) is 4.55. The minimum absolute atomic E-state index is 0.0457. The Balaban J connectivity index is 2.13. The molecule has 0 bridgehead atoms. The van der Waals surface area contributed by atoms with E-state index in [2.05, 4.69) is 17.6 Å². The summed E-state index contributed by atoms with van der Waals surface area (Å²) < 4.78 is 0. The molecule has 1 saturated heterocycles. The molecule has 2 atom stereocenters. The molecule has 2 N–H and O–H groups in total. The Hall–Kier alpha value is -1.06. The highest BCUT2D eigenvalue weighted by molar-refractivity contribution is 6.31. The number of benzene rings is 1. The molecule has 1 aromatic rings. The quantitative estimate of drug-likeness (QED) is 0.900. The predicted molar refractivity (Wildman–Crippen MR) is 83.1 cm³/mol. The zero-order valence-electron chi connectivity index (χ0n) is 12.4. The molecule has 4 heteroatoms. The first kappa shape index (κ1) is 15.3. The van der Waals surface area contributed by atoms with E-state index in [1.165, 1.54) is 0 Å². The molecule has 3 nitrogen and oxygen atoms in total. The molecule has 0 aromatic heterocycles.